The van der Waals surface area contributed by atoms with Crippen molar-refractivity contribution in [1.29, 1.82) is 0 Å². The summed E-state index contributed by atoms with van der Waals surface area (Å²) in [5.41, 5.74) is 7.06. The summed E-state index contributed by atoms with van der Waals surface area (Å²) in [6.45, 7) is 2.01. The molecule has 1 amide bonds. The Hall–Kier alpha value is -2.25. The third-order valence-electron chi connectivity index (χ3n) is 3.31. The van der Waals surface area contributed by atoms with Crippen LogP contribution in [-0.2, 0) is 20.7 Å². The van der Waals surface area contributed by atoms with Gasteiger partial charge in [0.05, 0.1) is 19.2 Å². The monoisotopic (exact) mass is 333 g/mol. The SMILES string of the molecule is COC(=O)Cc1sc(NC(=O)C(C)CN)nc1-c1ccccc1. The molecule has 2 aromatic rings. The molecule has 1 unspecified atom stereocenters. The lowest BCUT2D eigenvalue weighted by atomic mass is 10.1. The normalized spacial score (nSPS) is 11.8. The molecule has 0 saturated heterocycles. The number of nitrogens with one attached hydrogen (secondary N) is 1. The Bertz CT molecular complexity index is 685. The fourth-order valence-electron chi connectivity index (χ4n) is 1.89. The van der Waals surface area contributed by atoms with E-state index < -0.39 is 0 Å². The lowest BCUT2D eigenvalue weighted by Gasteiger charge is -2.06. The van der Waals surface area contributed by atoms with Crippen LogP contribution >= 0.6 is 11.3 Å². The number of nitrogens with zero attached hydrogens (tertiary/aromatic N) is 1. The van der Waals surface area contributed by atoms with Crippen molar-refractivity contribution < 1.29 is 14.3 Å². The number of rotatable bonds is 6. The summed E-state index contributed by atoms with van der Waals surface area (Å²) in [6, 6.07) is 9.51. The van der Waals surface area contributed by atoms with Gasteiger partial charge >= 0.3 is 5.97 Å². The lowest BCUT2D eigenvalue weighted by Crippen LogP contribution is -2.26. The van der Waals surface area contributed by atoms with Crippen LogP contribution in [0.3, 0.4) is 0 Å². The average Bonchev–Trinajstić information content (AvgIpc) is 2.96. The first-order chi connectivity index (χ1) is 11.0. The maximum absolute atomic E-state index is 12.0. The van der Waals surface area contributed by atoms with Gasteiger partial charge in [-0.3, -0.25) is 9.59 Å². The van der Waals surface area contributed by atoms with Crippen LogP contribution in [-0.4, -0.2) is 30.5 Å². The van der Waals surface area contributed by atoms with Crippen molar-refractivity contribution in [3.63, 3.8) is 0 Å². The Morgan fingerprint density at radius 2 is 2.04 bits per heavy atom. The zero-order chi connectivity index (χ0) is 16.8. The number of hydrogen-bond donors (Lipinski definition) is 2. The van der Waals surface area contributed by atoms with Gasteiger partial charge in [0.1, 0.15) is 0 Å². The molecule has 0 radical (unpaired) electrons. The minimum absolute atomic E-state index is 0.112. The average molecular weight is 333 g/mol. The zero-order valence-corrected chi connectivity index (χ0v) is 13.9. The van der Waals surface area contributed by atoms with Gasteiger partial charge in [0.25, 0.3) is 0 Å². The summed E-state index contributed by atoms with van der Waals surface area (Å²) < 4.78 is 4.73. The summed E-state index contributed by atoms with van der Waals surface area (Å²) in [5, 5.41) is 3.20. The number of aromatic nitrogens is 1. The van der Waals surface area contributed by atoms with E-state index in [2.05, 4.69) is 10.3 Å². The number of thiazole rings is 1. The number of methoxy groups -OCH3 is 1. The maximum atomic E-state index is 12.0. The summed E-state index contributed by atoms with van der Waals surface area (Å²) >= 11 is 1.27. The number of benzene rings is 1. The fraction of sp³-hybridized carbons (Fsp3) is 0.312. The third-order valence-corrected chi connectivity index (χ3v) is 4.28. The van der Waals surface area contributed by atoms with Gasteiger partial charge in [0.2, 0.25) is 5.91 Å². The molecular weight excluding hydrogens is 314 g/mol. The molecule has 1 atom stereocenters. The molecule has 0 bridgehead atoms. The second-order valence-electron chi connectivity index (χ2n) is 5.04. The van der Waals surface area contributed by atoms with Gasteiger partial charge < -0.3 is 15.8 Å². The molecule has 0 aliphatic heterocycles. The van der Waals surface area contributed by atoms with E-state index in [9.17, 15) is 9.59 Å². The summed E-state index contributed by atoms with van der Waals surface area (Å²) in [4.78, 5) is 28.8. The van der Waals surface area contributed by atoms with Crippen molar-refractivity contribution in [3.8, 4) is 11.3 Å². The quantitative estimate of drug-likeness (QED) is 0.789. The standard InChI is InChI=1S/C16H19N3O3S/c1-10(9-17)15(21)19-16-18-14(11-6-4-3-5-7-11)12(23-16)8-13(20)22-2/h3-7,10H,8-9,17H2,1-2H3,(H,18,19,21). The molecule has 0 aliphatic carbocycles. The Balaban J connectivity index is 2.32. The Kier molecular flexibility index (Phi) is 5.84. The van der Waals surface area contributed by atoms with Gasteiger partial charge in [-0.15, -0.1) is 11.3 Å². The summed E-state index contributed by atoms with van der Waals surface area (Å²) in [6.07, 6.45) is 0.112. The van der Waals surface area contributed by atoms with Crippen LogP contribution in [0.1, 0.15) is 11.8 Å². The highest BCUT2D eigenvalue weighted by molar-refractivity contribution is 7.16. The maximum Gasteiger partial charge on any atom is 0.310 e. The first kappa shape index (κ1) is 17.1. The summed E-state index contributed by atoms with van der Waals surface area (Å²) in [7, 11) is 1.34. The molecule has 0 fully saturated rings. The van der Waals surface area contributed by atoms with Gasteiger partial charge in [-0.05, 0) is 0 Å². The van der Waals surface area contributed by atoms with Crippen LogP contribution < -0.4 is 11.1 Å². The Labute approximate surface area is 138 Å². The van der Waals surface area contributed by atoms with E-state index in [-0.39, 0.29) is 30.8 Å². The van der Waals surface area contributed by atoms with E-state index in [0.717, 1.165) is 10.4 Å². The first-order valence-corrected chi connectivity index (χ1v) is 7.99. The zero-order valence-electron chi connectivity index (χ0n) is 13.0. The van der Waals surface area contributed by atoms with Gasteiger partial charge in [-0.1, -0.05) is 37.3 Å². The van der Waals surface area contributed by atoms with Crippen LogP contribution in [0.5, 0.6) is 0 Å². The minimum atomic E-state index is -0.348. The first-order valence-electron chi connectivity index (χ1n) is 7.18. The molecule has 6 nitrogen and oxygen atoms in total. The molecule has 0 saturated carbocycles. The predicted octanol–water partition coefficient (Wildman–Crippen LogP) is 2.06. The van der Waals surface area contributed by atoms with E-state index >= 15 is 0 Å². The largest absolute Gasteiger partial charge is 0.469 e. The molecule has 3 N–H and O–H groups in total. The van der Waals surface area contributed by atoms with Crippen molar-refractivity contribution in [2.45, 2.75) is 13.3 Å². The highest BCUT2D eigenvalue weighted by Gasteiger charge is 2.19. The molecule has 1 aromatic heterocycles. The van der Waals surface area contributed by atoms with E-state index in [1.165, 1.54) is 18.4 Å². The van der Waals surface area contributed by atoms with Crippen molar-refractivity contribution >= 4 is 28.3 Å². The fourth-order valence-corrected chi connectivity index (χ4v) is 2.86. The number of nitrogens with two attached hydrogens (primary N) is 1. The molecule has 1 aromatic carbocycles. The van der Waals surface area contributed by atoms with Gasteiger partial charge in [-0.25, -0.2) is 4.98 Å². The van der Waals surface area contributed by atoms with Crippen molar-refractivity contribution in [1.82, 2.24) is 4.98 Å². The minimum Gasteiger partial charge on any atom is -0.469 e. The van der Waals surface area contributed by atoms with Crippen molar-refractivity contribution in [2.75, 3.05) is 19.0 Å². The highest BCUT2D eigenvalue weighted by atomic mass is 32.1. The van der Waals surface area contributed by atoms with Crippen LogP contribution in [0.15, 0.2) is 30.3 Å². The molecule has 2 rings (SSSR count). The van der Waals surface area contributed by atoms with Gasteiger partial charge in [-0.2, -0.15) is 0 Å². The van der Waals surface area contributed by atoms with Crippen LogP contribution in [0.4, 0.5) is 5.13 Å². The van der Waals surface area contributed by atoms with E-state index in [1.54, 1.807) is 6.92 Å². The van der Waals surface area contributed by atoms with Crippen LogP contribution in [0.2, 0.25) is 0 Å². The number of carbonyl (C=O) groups is 2. The number of hydrogen-bond acceptors (Lipinski definition) is 6. The molecule has 0 aliphatic rings. The van der Waals surface area contributed by atoms with Crippen molar-refractivity contribution in [2.24, 2.45) is 11.7 Å². The second-order valence-corrected chi connectivity index (χ2v) is 6.12. The van der Waals surface area contributed by atoms with Crippen LogP contribution in [0, 0.1) is 5.92 Å². The van der Waals surface area contributed by atoms with E-state index in [4.69, 9.17) is 10.5 Å². The summed E-state index contributed by atoms with van der Waals surface area (Å²) in [5.74, 6) is -0.840. The smallest absolute Gasteiger partial charge is 0.310 e. The van der Waals surface area contributed by atoms with Crippen LogP contribution in [0.25, 0.3) is 11.3 Å². The number of amides is 1. The number of anilines is 1. The Morgan fingerprint density at radius 1 is 1.35 bits per heavy atom. The molecule has 23 heavy (non-hydrogen) atoms. The third kappa shape index (κ3) is 4.37. The van der Waals surface area contributed by atoms with E-state index in [1.807, 2.05) is 30.3 Å². The second kappa shape index (κ2) is 7.85. The van der Waals surface area contributed by atoms with Gasteiger partial charge in [0, 0.05) is 22.9 Å². The predicted molar refractivity (Wildman–Crippen MR) is 90.1 cm³/mol. The van der Waals surface area contributed by atoms with E-state index in [0.29, 0.717) is 10.8 Å². The molecule has 0 spiro atoms. The molecule has 7 heteroatoms. The molecule has 122 valence electrons. The molecular formula is C16H19N3O3S. The van der Waals surface area contributed by atoms with Crippen molar-refractivity contribution in [3.05, 3.63) is 35.2 Å². The lowest BCUT2D eigenvalue weighted by molar-refractivity contribution is -0.139. The highest BCUT2D eigenvalue weighted by Crippen LogP contribution is 2.31. The molecule has 1 heterocycles. The topological polar surface area (TPSA) is 94.3 Å². The van der Waals surface area contributed by atoms with Gasteiger partial charge in [0.15, 0.2) is 5.13 Å². The number of ether oxygens (including phenoxy) is 1. The number of carbonyl (C=O) groups excluding carboxylic acids is 2. The Morgan fingerprint density at radius 3 is 2.65 bits per heavy atom. The number of esters is 1.